The van der Waals surface area contributed by atoms with Crippen LogP contribution >= 0.6 is 11.6 Å². The van der Waals surface area contributed by atoms with E-state index in [9.17, 15) is 0 Å². The van der Waals surface area contributed by atoms with Crippen LogP contribution in [0.4, 0.5) is 17.5 Å². The number of nitrogens with one attached hydrogen (secondary N) is 2. The van der Waals surface area contributed by atoms with E-state index in [2.05, 4.69) is 46.7 Å². The summed E-state index contributed by atoms with van der Waals surface area (Å²) in [5.41, 5.74) is 3.91. The predicted molar refractivity (Wildman–Crippen MR) is 119 cm³/mol. The highest BCUT2D eigenvalue weighted by molar-refractivity contribution is 6.30. The predicted octanol–water partition coefficient (Wildman–Crippen LogP) is 5.21. The number of hydrogen-bond acceptors (Lipinski definition) is 5. The number of halogens is 1. The van der Waals surface area contributed by atoms with Gasteiger partial charge in [0.1, 0.15) is 5.82 Å². The second-order valence-electron chi connectivity index (χ2n) is 7.00. The molecule has 0 unspecified atom stereocenters. The Hall–Kier alpha value is -2.63. The van der Waals surface area contributed by atoms with Crippen molar-refractivity contribution in [3.63, 3.8) is 0 Å². The van der Waals surface area contributed by atoms with Gasteiger partial charge in [-0.2, -0.15) is 4.98 Å². The molecule has 28 heavy (non-hydrogen) atoms. The quantitative estimate of drug-likeness (QED) is 0.512. The first-order chi connectivity index (χ1) is 13.5. The van der Waals surface area contributed by atoms with Gasteiger partial charge in [0.25, 0.3) is 0 Å². The van der Waals surface area contributed by atoms with Crippen molar-refractivity contribution in [3.05, 3.63) is 65.2 Å². The second kappa shape index (κ2) is 9.53. The van der Waals surface area contributed by atoms with E-state index in [1.807, 2.05) is 49.4 Å². The van der Waals surface area contributed by atoms with E-state index in [4.69, 9.17) is 16.6 Å². The standard InChI is InChI=1S/C22H26ClN5/c1-16-14-18(23)10-11-19(16)25-22-26-20(17-8-5-4-6-9-17)15-21(27-22)24-12-7-13-28(2)3/h4-6,8-11,14-15H,7,12-13H2,1-3H3,(H2,24,25,26,27). The summed E-state index contributed by atoms with van der Waals surface area (Å²) >= 11 is 6.07. The Labute approximate surface area is 171 Å². The summed E-state index contributed by atoms with van der Waals surface area (Å²) < 4.78 is 0. The van der Waals surface area contributed by atoms with Gasteiger partial charge in [-0.05, 0) is 57.7 Å². The first-order valence-corrected chi connectivity index (χ1v) is 9.75. The zero-order chi connectivity index (χ0) is 19.9. The molecule has 6 heteroatoms. The van der Waals surface area contributed by atoms with Crippen LogP contribution in [0.5, 0.6) is 0 Å². The van der Waals surface area contributed by atoms with Crippen LogP contribution < -0.4 is 10.6 Å². The lowest BCUT2D eigenvalue weighted by atomic mass is 10.1. The lowest BCUT2D eigenvalue weighted by molar-refractivity contribution is 0.405. The molecular weight excluding hydrogens is 370 g/mol. The maximum absolute atomic E-state index is 6.07. The molecule has 1 heterocycles. The monoisotopic (exact) mass is 395 g/mol. The molecule has 0 atom stereocenters. The molecule has 0 aliphatic heterocycles. The zero-order valence-corrected chi connectivity index (χ0v) is 17.3. The first-order valence-electron chi connectivity index (χ1n) is 9.37. The van der Waals surface area contributed by atoms with Crippen molar-refractivity contribution in [2.75, 3.05) is 37.8 Å². The summed E-state index contributed by atoms with van der Waals surface area (Å²) in [4.78, 5) is 11.5. The smallest absolute Gasteiger partial charge is 0.229 e. The lowest BCUT2D eigenvalue weighted by Crippen LogP contribution is -2.17. The molecule has 3 aromatic rings. The van der Waals surface area contributed by atoms with Gasteiger partial charge in [-0.25, -0.2) is 4.98 Å². The Morgan fingerprint density at radius 2 is 1.79 bits per heavy atom. The van der Waals surface area contributed by atoms with E-state index >= 15 is 0 Å². The van der Waals surface area contributed by atoms with Crippen molar-refractivity contribution >= 4 is 29.1 Å². The van der Waals surface area contributed by atoms with Gasteiger partial charge in [0.15, 0.2) is 0 Å². The number of benzene rings is 2. The third-order valence-corrected chi connectivity index (χ3v) is 4.55. The topological polar surface area (TPSA) is 53.1 Å². The third-order valence-electron chi connectivity index (χ3n) is 4.32. The van der Waals surface area contributed by atoms with Crippen molar-refractivity contribution in [3.8, 4) is 11.3 Å². The summed E-state index contributed by atoms with van der Waals surface area (Å²) in [5.74, 6) is 1.36. The molecule has 2 aromatic carbocycles. The van der Waals surface area contributed by atoms with Gasteiger partial charge in [-0.3, -0.25) is 0 Å². The van der Waals surface area contributed by atoms with E-state index < -0.39 is 0 Å². The minimum atomic E-state index is 0.557. The van der Waals surface area contributed by atoms with Crippen LogP contribution in [0, 0.1) is 6.92 Å². The van der Waals surface area contributed by atoms with Gasteiger partial charge in [-0.15, -0.1) is 0 Å². The molecule has 0 radical (unpaired) electrons. The molecule has 0 amide bonds. The van der Waals surface area contributed by atoms with Gasteiger partial charge in [0, 0.05) is 28.9 Å². The summed E-state index contributed by atoms with van der Waals surface area (Å²) in [5, 5.41) is 7.46. The minimum absolute atomic E-state index is 0.557. The molecule has 2 N–H and O–H groups in total. The molecule has 5 nitrogen and oxygen atoms in total. The molecule has 146 valence electrons. The lowest BCUT2D eigenvalue weighted by Gasteiger charge is -2.14. The average Bonchev–Trinajstić information content (AvgIpc) is 2.68. The van der Waals surface area contributed by atoms with E-state index in [0.717, 1.165) is 47.8 Å². The number of hydrogen-bond donors (Lipinski definition) is 2. The maximum atomic E-state index is 6.07. The highest BCUT2D eigenvalue weighted by Crippen LogP contribution is 2.25. The fourth-order valence-corrected chi connectivity index (χ4v) is 3.08. The summed E-state index contributed by atoms with van der Waals surface area (Å²) in [6.45, 7) is 3.89. The fourth-order valence-electron chi connectivity index (χ4n) is 2.85. The Morgan fingerprint density at radius 1 is 1.00 bits per heavy atom. The van der Waals surface area contributed by atoms with E-state index in [0.29, 0.717) is 11.0 Å². The number of anilines is 3. The van der Waals surface area contributed by atoms with Crippen LogP contribution in [-0.4, -0.2) is 42.1 Å². The molecule has 0 spiro atoms. The van der Waals surface area contributed by atoms with E-state index in [1.165, 1.54) is 0 Å². The van der Waals surface area contributed by atoms with E-state index in [-0.39, 0.29) is 0 Å². The van der Waals surface area contributed by atoms with Gasteiger partial charge in [-0.1, -0.05) is 41.9 Å². The van der Waals surface area contributed by atoms with E-state index in [1.54, 1.807) is 0 Å². The molecule has 0 aliphatic rings. The summed E-state index contributed by atoms with van der Waals surface area (Å²) in [6.07, 6.45) is 1.04. The summed E-state index contributed by atoms with van der Waals surface area (Å²) in [6, 6.07) is 17.8. The van der Waals surface area contributed by atoms with Gasteiger partial charge in [0.2, 0.25) is 5.95 Å². The molecule has 3 rings (SSSR count). The van der Waals surface area contributed by atoms with Crippen molar-refractivity contribution in [1.82, 2.24) is 14.9 Å². The van der Waals surface area contributed by atoms with Crippen molar-refractivity contribution in [2.45, 2.75) is 13.3 Å². The molecule has 0 saturated carbocycles. The van der Waals surface area contributed by atoms with Gasteiger partial charge in [0.05, 0.1) is 5.69 Å². The second-order valence-corrected chi connectivity index (χ2v) is 7.43. The molecular formula is C22H26ClN5. The Bertz CT molecular complexity index is 912. The van der Waals surface area contributed by atoms with Crippen molar-refractivity contribution < 1.29 is 0 Å². The van der Waals surface area contributed by atoms with Crippen LogP contribution in [0.25, 0.3) is 11.3 Å². The van der Waals surface area contributed by atoms with Crippen LogP contribution in [0.1, 0.15) is 12.0 Å². The van der Waals surface area contributed by atoms with Crippen molar-refractivity contribution in [1.29, 1.82) is 0 Å². The minimum Gasteiger partial charge on any atom is -0.370 e. The number of nitrogens with zero attached hydrogens (tertiary/aromatic N) is 3. The number of aromatic nitrogens is 2. The molecule has 0 aliphatic carbocycles. The van der Waals surface area contributed by atoms with Crippen LogP contribution in [-0.2, 0) is 0 Å². The molecule has 1 aromatic heterocycles. The van der Waals surface area contributed by atoms with Gasteiger partial charge < -0.3 is 15.5 Å². The number of aryl methyl sites for hydroxylation is 1. The Morgan fingerprint density at radius 3 is 2.50 bits per heavy atom. The summed E-state index contributed by atoms with van der Waals surface area (Å²) in [7, 11) is 4.16. The normalized spacial score (nSPS) is 10.9. The number of rotatable bonds is 8. The highest BCUT2D eigenvalue weighted by Gasteiger charge is 2.08. The Balaban J connectivity index is 1.86. The first kappa shape index (κ1) is 20.1. The maximum Gasteiger partial charge on any atom is 0.229 e. The van der Waals surface area contributed by atoms with Crippen LogP contribution in [0.15, 0.2) is 54.6 Å². The van der Waals surface area contributed by atoms with Crippen LogP contribution in [0.3, 0.4) is 0 Å². The molecule has 0 fully saturated rings. The van der Waals surface area contributed by atoms with Crippen molar-refractivity contribution in [2.24, 2.45) is 0 Å². The average molecular weight is 396 g/mol. The Kier molecular flexibility index (Phi) is 6.85. The largest absolute Gasteiger partial charge is 0.370 e. The van der Waals surface area contributed by atoms with Gasteiger partial charge >= 0.3 is 0 Å². The third kappa shape index (κ3) is 5.68. The SMILES string of the molecule is Cc1cc(Cl)ccc1Nc1nc(NCCCN(C)C)cc(-c2ccccc2)n1. The highest BCUT2D eigenvalue weighted by atomic mass is 35.5. The molecule has 0 bridgehead atoms. The van der Waals surface area contributed by atoms with Crippen LogP contribution in [0.2, 0.25) is 5.02 Å². The molecule has 0 saturated heterocycles. The fraction of sp³-hybridized carbons (Fsp3) is 0.273. The zero-order valence-electron chi connectivity index (χ0n) is 16.5.